The van der Waals surface area contributed by atoms with Gasteiger partial charge < -0.3 is 15.2 Å². The Bertz CT molecular complexity index is 345. The van der Waals surface area contributed by atoms with Gasteiger partial charge in [-0.15, -0.1) is 0 Å². The average molecular weight is 222 g/mol. The van der Waals surface area contributed by atoms with Crippen LogP contribution in [0.25, 0.3) is 0 Å². The average Bonchev–Trinajstić information content (AvgIpc) is 2.71. The van der Waals surface area contributed by atoms with Crippen LogP contribution in [0.15, 0.2) is 12.5 Å². The van der Waals surface area contributed by atoms with Crippen LogP contribution in [-0.4, -0.2) is 34.1 Å². The van der Waals surface area contributed by atoms with Crippen molar-refractivity contribution in [3.05, 3.63) is 18.2 Å². The van der Waals surface area contributed by atoms with Crippen LogP contribution in [-0.2, 0) is 0 Å². The van der Waals surface area contributed by atoms with E-state index in [0.29, 0.717) is 12.1 Å². The molecule has 1 aliphatic rings. The first-order chi connectivity index (χ1) is 7.59. The predicted molar refractivity (Wildman–Crippen MR) is 65.2 cm³/mol. The summed E-state index contributed by atoms with van der Waals surface area (Å²) in [5.41, 5.74) is 7.11. The van der Waals surface area contributed by atoms with E-state index < -0.39 is 0 Å². The zero-order valence-corrected chi connectivity index (χ0v) is 10.4. The van der Waals surface area contributed by atoms with Gasteiger partial charge in [-0.05, 0) is 33.7 Å². The van der Waals surface area contributed by atoms with Crippen LogP contribution < -0.4 is 5.73 Å². The fourth-order valence-corrected chi connectivity index (χ4v) is 2.49. The van der Waals surface area contributed by atoms with E-state index in [2.05, 4.69) is 28.4 Å². The molecular formula is C12H22N4. The number of hydrogen-bond acceptors (Lipinski definition) is 3. The van der Waals surface area contributed by atoms with Crippen LogP contribution in [0.2, 0.25) is 0 Å². The lowest BCUT2D eigenvalue weighted by atomic mass is 9.98. The number of nitrogens with zero attached hydrogens (tertiary/aromatic N) is 3. The molecule has 1 saturated heterocycles. The number of imidazole rings is 1. The molecule has 90 valence electrons. The minimum Gasteiger partial charge on any atom is -0.330 e. The quantitative estimate of drug-likeness (QED) is 0.826. The molecule has 4 heteroatoms. The summed E-state index contributed by atoms with van der Waals surface area (Å²) in [7, 11) is 2.20. The van der Waals surface area contributed by atoms with E-state index in [-0.39, 0.29) is 6.04 Å². The Balaban J connectivity index is 2.15. The highest BCUT2D eigenvalue weighted by atomic mass is 15.2. The SMILES string of the molecule is CC1CC(n2cncc2[C@@H](C)N)CCN1C. The molecule has 0 amide bonds. The van der Waals surface area contributed by atoms with Gasteiger partial charge in [0.2, 0.25) is 0 Å². The highest BCUT2D eigenvalue weighted by molar-refractivity contribution is 5.05. The van der Waals surface area contributed by atoms with Crippen LogP contribution in [0.4, 0.5) is 0 Å². The molecule has 4 nitrogen and oxygen atoms in total. The maximum atomic E-state index is 5.96. The first-order valence-electron chi connectivity index (χ1n) is 6.07. The second-order valence-corrected chi connectivity index (χ2v) is 5.02. The van der Waals surface area contributed by atoms with Gasteiger partial charge in [0.15, 0.2) is 0 Å². The molecule has 0 bridgehead atoms. The molecule has 0 aromatic carbocycles. The van der Waals surface area contributed by atoms with Gasteiger partial charge in [-0.3, -0.25) is 0 Å². The zero-order chi connectivity index (χ0) is 11.7. The second-order valence-electron chi connectivity index (χ2n) is 5.02. The number of rotatable bonds is 2. The second kappa shape index (κ2) is 4.55. The van der Waals surface area contributed by atoms with E-state index in [1.165, 1.54) is 12.8 Å². The van der Waals surface area contributed by atoms with Gasteiger partial charge >= 0.3 is 0 Å². The fraction of sp³-hybridized carbons (Fsp3) is 0.750. The Kier molecular flexibility index (Phi) is 3.30. The molecule has 1 fully saturated rings. The molecule has 0 saturated carbocycles. The number of nitrogens with two attached hydrogens (primary N) is 1. The van der Waals surface area contributed by atoms with Crippen molar-refractivity contribution in [3.8, 4) is 0 Å². The molecule has 2 rings (SSSR count). The van der Waals surface area contributed by atoms with Gasteiger partial charge in [0.05, 0.1) is 12.0 Å². The summed E-state index contributed by atoms with van der Waals surface area (Å²) in [5, 5.41) is 0. The summed E-state index contributed by atoms with van der Waals surface area (Å²) in [4.78, 5) is 6.65. The van der Waals surface area contributed by atoms with Crippen molar-refractivity contribution in [3.63, 3.8) is 0 Å². The van der Waals surface area contributed by atoms with Gasteiger partial charge in [0.1, 0.15) is 0 Å². The summed E-state index contributed by atoms with van der Waals surface area (Å²) in [6.45, 7) is 5.46. The van der Waals surface area contributed by atoms with Crippen molar-refractivity contribution in [2.45, 2.75) is 44.8 Å². The van der Waals surface area contributed by atoms with Crippen molar-refractivity contribution in [2.24, 2.45) is 5.73 Å². The van der Waals surface area contributed by atoms with E-state index in [4.69, 9.17) is 5.73 Å². The lowest BCUT2D eigenvalue weighted by molar-refractivity contribution is 0.155. The van der Waals surface area contributed by atoms with Crippen LogP contribution in [0.3, 0.4) is 0 Å². The standard InChI is InChI=1S/C12H22N4/c1-9-6-11(4-5-15(9)3)16-8-14-7-12(16)10(2)13/h7-11H,4-6,13H2,1-3H3/t9?,10-,11?/m1/s1. The predicted octanol–water partition coefficient (Wildman–Crippen LogP) is 1.56. The molecule has 16 heavy (non-hydrogen) atoms. The summed E-state index contributed by atoms with van der Waals surface area (Å²) < 4.78 is 2.27. The van der Waals surface area contributed by atoms with E-state index in [1.54, 1.807) is 0 Å². The van der Waals surface area contributed by atoms with Gasteiger partial charge in [-0.1, -0.05) is 0 Å². The minimum atomic E-state index is 0.0671. The lowest BCUT2D eigenvalue weighted by Gasteiger charge is -2.36. The third-order valence-electron chi connectivity index (χ3n) is 3.74. The van der Waals surface area contributed by atoms with Crippen molar-refractivity contribution in [1.82, 2.24) is 14.5 Å². The van der Waals surface area contributed by atoms with Crippen LogP contribution in [0, 0.1) is 0 Å². The third kappa shape index (κ3) is 2.13. The topological polar surface area (TPSA) is 47.1 Å². The van der Waals surface area contributed by atoms with Crippen LogP contribution in [0.1, 0.15) is 44.5 Å². The fourth-order valence-electron chi connectivity index (χ4n) is 2.49. The molecule has 0 spiro atoms. The molecular weight excluding hydrogens is 200 g/mol. The maximum absolute atomic E-state index is 5.96. The summed E-state index contributed by atoms with van der Waals surface area (Å²) in [5.74, 6) is 0. The normalized spacial score (nSPS) is 29.2. The molecule has 0 aliphatic carbocycles. The smallest absolute Gasteiger partial charge is 0.0951 e. The van der Waals surface area contributed by atoms with Gasteiger partial charge in [0, 0.05) is 30.9 Å². The van der Waals surface area contributed by atoms with E-state index in [0.717, 1.165) is 12.2 Å². The monoisotopic (exact) mass is 222 g/mol. The highest BCUT2D eigenvalue weighted by Gasteiger charge is 2.25. The van der Waals surface area contributed by atoms with Crippen molar-refractivity contribution >= 4 is 0 Å². The third-order valence-corrected chi connectivity index (χ3v) is 3.74. The Hall–Kier alpha value is -0.870. The minimum absolute atomic E-state index is 0.0671. The lowest BCUT2D eigenvalue weighted by Crippen LogP contribution is -2.38. The molecule has 2 N–H and O–H groups in total. The molecule has 1 aromatic rings. The first kappa shape index (κ1) is 11.6. The summed E-state index contributed by atoms with van der Waals surface area (Å²) >= 11 is 0. The van der Waals surface area contributed by atoms with E-state index in [1.807, 2.05) is 19.4 Å². The molecule has 1 aliphatic heterocycles. The maximum Gasteiger partial charge on any atom is 0.0951 e. The van der Waals surface area contributed by atoms with Crippen molar-refractivity contribution in [1.29, 1.82) is 0 Å². The van der Waals surface area contributed by atoms with Gasteiger partial charge in [-0.2, -0.15) is 0 Å². The van der Waals surface area contributed by atoms with Crippen molar-refractivity contribution in [2.75, 3.05) is 13.6 Å². The van der Waals surface area contributed by atoms with Gasteiger partial charge in [-0.25, -0.2) is 4.98 Å². The molecule has 2 unspecified atom stereocenters. The highest BCUT2D eigenvalue weighted by Crippen LogP contribution is 2.28. The molecule has 2 heterocycles. The van der Waals surface area contributed by atoms with Crippen LogP contribution in [0.5, 0.6) is 0 Å². The molecule has 0 radical (unpaired) electrons. The number of piperidine rings is 1. The van der Waals surface area contributed by atoms with Gasteiger partial charge in [0.25, 0.3) is 0 Å². The summed E-state index contributed by atoms with van der Waals surface area (Å²) in [6.07, 6.45) is 6.21. The van der Waals surface area contributed by atoms with Crippen molar-refractivity contribution < 1.29 is 0 Å². The number of aromatic nitrogens is 2. The Labute approximate surface area is 97.4 Å². The Morgan fingerprint density at radius 1 is 1.56 bits per heavy atom. The number of hydrogen-bond donors (Lipinski definition) is 1. The Morgan fingerprint density at radius 2 is 2.31 bits per heavy atom. The van der Waals surface area contributed by atoms with E-state index in [9.17, 15) is 0 Å². The van der Waals surface area contributed by atoms with E-state index >= 15 is 0 Å². The largest absolute Gasteiger partial charge is 0.330 e. The zero-order valence-electron chi connectivity index (χ0n) is 10.4. The molecule has 1 aromatic heterocycles. The van der Waals surface area contributed by atoms with Crippen LogP contribution >= 0.6 is 0 Å². The Morgan fingerprint density at radius 3 is 2.94 bits per heavy atom. The first-order valence-corrected chi connectivity index (χ1v) is 6.07. The number of likely N-dealkylation sites (tertiary alicyclic amines) is 1. The molecule has 3 atom stereocenters. The summed E-state index contributed by atoms with van der Waals surface area (Å²) in [6, 6.07) is 1.27.